The minimum atomic E-state index is -1.42. The molecule has 3 aromatic rings. The molecule has 36 heavy (non-hydrogen) atoms. The van der Waals surface area contributed by atoms with Gasteiger partial charge >= 0.3 is 11.9 Å². The van der Waals surface area contributed by atoms with Gasteiger partial charge in [-0.2, -0.15) is 0 Å². The molecule has 0 aliphatic carbocycles. The lowest BCUT2D eigenvalue weighted by Crippen LogP contribution is -2.49. The average molecular weight is 486 g/mol. The first-order chi connectivity index (χ1) is 17.5. The summed E-state index contributed by atoms with van der Waals surface area (Å²) in [6.07, 6.45) is 2.70. The maximum absolute atomic E-state index is 13.6. The smallest absolute Gasteiger partial charge is 0.351 e. The largest absolute Gasteiger partial charge is 0.461 e. The van der Waals surface area contributed by atoms with Crippen LogP contribution >= 0.6 is 0 Å². The first-order valence-corrected chi connectivity index (χ1v) is 12.8. The summed E-state index contributed by atoms with van der Waals surface area (Å²) in [5.74, 6) is -0.412. The van der Waals surface area contributed by atoms with Crippen LogP contribution in [0.2, 0.25) is 0 Å². The van der Waals surface area contributed by atoms with Crippen LogP contribution in [0.25, 0.3) is 0 Å². The molecule has 0 amide bonds. The second-order valence-corrected chi connectivity index (χ2v) is 9.58. The highest BCUT2D eigenvalue weighted by Crippen LogP contribution is 2.28. The van der Waals surface area contributed by atoms with E-state index in [1.807, 2.05) is 60.7 Å². The molecule has 0 atom stereocenters. The van der Waals surface area contributed by atoms with Crippen molar-refractivity contribution in [1.82, 2.24) is 4.90 Å². The predicted molar refractivity (Wildman–Crippen MR) is 141 cm³/mol. The van der Waals surface area contributed by atoms with Gasteiger partial charge in [-0.3, -0.25) is 9.69 Å². The predicted octanol–water partition coefficient (Wildman–Crippen LogP) is 5.20. The highest BCUT2D eigenvalue weighted by atomic mass is 16.6. The summed E-state index contributed by atoms with van der Waals surface area (Å²) in [5, 5.41) is 0. The molecule has 4 rings (SSSR count). The summed E-state index contributed by atoms with van der Waals surface area (Å²) in [7, 11) is 0. The lowest BCUT2D eigenvalue weighted by molar-refractivity contribution is -0.182. The number of carbonyl (C=O) groups excluding carboxylic acids is 2. The molecule has 5 heteroatoms. The molecule has 0 spiro atoms. The summed E-state index contributed by atoms with van der Waals surface area (Å²) < 4.78 is 11.6. The number of hydrogen-bond acceptors (Lipinski definition) is 5. The van der Waals surface area contributed by atoms with Crippen molar-refractivity contribution >= 4 is 11.9 Å². The van der Waals surface area contributed by atoms with Gasteiger partial charge in [0.1, 0.15) is 6.61 Å². The number of ether oxygens (including phenoxy) is 2. The Morgan fingerprint density at radius 3 is 1.81 bits per heavy atom. The SMILES string of the molecule is CC(=O)OC(Cc1ccccc1)(Cc1ccccc1)C(=O)OCCN1CCC(c2ccccc2)CC1. The van der Waals surface area contributed by atoms with Crippen molar-refractivity contribution in [3.8, 4) is 0 Å². The van der Waals surface area contributed by atoms with Crippen molar-refractivity contribution in [2.45, 2.75) is 44.1 Å². The molecule has 0 N–H and O–H groups in total. The van der Waals surface area contributed by atoms with E-state index in [1.165, 1.54) is 12.5 Å². The van der Waals surface area contributed by atoms with Crippen molar-refractivity contribution in [3.05, 3.63) is 108 Å². The van der Waals surface area contributed by atoms with Gasteiger partial charge in [0.25, 0.3) is 0 Å². The summed E-state index contributed by atoms with van der Waals surface area (Å²) in [5.41, 5.74) is 1.80. The molecule has 1 fully saturated rings. The van der Waals surface area contributed by atoms with Crippen LogP contribution in [0.3, 0.4) is 0 Å². The van der Waals surface area contributed by atoms with E-state index in [0.29, 0.717) is 12.5 Å². The summed E-state index contributed by atoms with van der Waals surface area (Å²) in [4.78, 5) is 28.1. The third-order valence-corrected chi connectivity index (χ3v) is 6.88. The first-order valence-electron chi connectivity index (χ1n) is 12.8. The third-order valence-electron chi connectivity index (χ3n) is 6.88. The molecule has 1 aliphatic heterocycles. The number of benzene rings is 3. The Labute approximate surface area is 214 Å². The summed E-state index contributed by atoms with van der Waals surface area (Å²) >= 11 is 0. The average Bonchev–Trinajstić information content (AvgIpc) is 2.90. The molecule has 5 nitrogen and oxygen atoms in total. The van der Waals surface area contributed by atoms with Crippen molar-refractivity contribution in [1.29, 1.82) is 0 Å². The lowest BCUT2D eigenvalue weighted by Gasteiger charge is -2.33. The molecule has 0 radical (unpaired) electrons. The van der Waals surface area contributed by atoms with Gasteiger partial charge in [-0.05, 0) is 48.5 Å². The highest BCUT2D eigenvalue weighted by Gasteiger charge is 2.44. The summed E-state index contributed by atoms with van der Waals surface area (Å²) in [6.45, 7) is 4.22. The Hall–Kier alpha value is -3.44. The second kappa shape index (κ2) is 12.5. The fourth-order valence-corrected chi connectivity index (χ4v) is 5.06. The maximum Gasteiger partial charge on any atom is 0.351 e. The van der Waals surface area contributed by atoms with Gasteiger partial charge in [-0.15, -0.1) is 0 Å². The minimum absolute atomic E-state index is 0.254. The van der Waals surface area contributed by atoms with Crippen LogP contribution in [0, 0.1) is 0 Å². The Bertz CT molecular complexity index is 1050. The zero-order valence-corrected chi connectivity index (χ0v) is 21.0. The lowest BCUT2D eigenvalue weighted by atomic mass is 9.87. The molecule has 1 heterocycles. The van der Waals surface area contributed by atoms with E-state index >= 15 is 0 Å². The van der Waals surface area contributed by atoms with Gasteiger partial charge < -0.3 is 9.47 Å². The Kier molecular flexibility index (Phi) is 8.90. The van der Waals surface area contributed by atoms with Crippen LogP contribution in [-0.4, -0.2) is 48.7 Å². The van der Waals surface area contributed by atoms with Crippen LogP contribution in [-0.2, 0) is 31.9 Å². The van der Waals surface area contributed by atoms with E-state index in [4.69, 9.17) is 9.47 Å². The second-order valence-electron chi connectivity index (χ2n) is 9.58. The number of likely N-dealkylation sites (tertiary alicyclic amines) is 1. The molecule has 0 saturated carbocycles. The Balaban J connectivity index is 1.40. The third kappa shape index (κ3) is 7.05. The monoisotopic (exact) mass is 485 g/mol. The van der Waals surface area contributed by atoms with Crippen LogP contribution in [0.5, 0.6) is 0 Å². The van der Waals surface area contributed by atoms with Crippen LogP contribution in [0.1, 0.15) is 42.4 Å². The topological polar surface area (TPSA) is 55.8 Å². The van der Waals surface area contributed by atoms with E-state index in [0.717, 1.165) is 37.1 Å². The zero-order chi connectivity index (χ0) is 25.2. The van der Waals surface area contributed by atoms with E-state index in [1.54, 1.807) is 0 Å². The van der Waals surface area contributed by atoms with Gasteiger partial charge in [-0.1, -0.05) is 91.0 Å². The zero-order valence-electron chi connectivity index (χ0n) is 21.0. The molecular formula is C31H35NO4. The molecule has 1 aliphatic rings. The van der Waals surface area contributed by atoms with Gasteiger partial charge in [0.15, 0.2) is 0 Å². The molecule has 1 saturated heterocycles. The Morgan fingerprint density at radius 1 is 0.806 bits per heavy atom. The van der Waals surface area contributed by atoms with Crippen molar-refractivity contribution in [2.24, 2.45) is 0 Å². The molecule has 0 bridgehead atoms. The number of esters is 2. The fraction of sp³-hybridized carbons (Fsp3) is 0.355. The standard InChI is InChI=1S/C31H35NO4/c1-25(33)36-31(23-26-11-5-2-6-12-26,24-27-13-7-3-8-14-27)30(34)35-22-21-32-19-17-29(18-20-32)28-15-9-4-10-16-28/h2-16,29H,17-24H2,1H3. The van der Waals surface area contributed by atoms with E-state index in [9.17, 15) is 9.59 Å². The molecule has 0 aromatic heterocycles. The van der Waals surface area contributed by atoms with E-state index in [-0.39, 0.29) is 19.4 Å². The van der Waals surface area contributed by atoms with Gasteiger partial charge in [0.2, 0.25) is 5.60 Å². The molecule has 188 valence electrons. The van der Waals surface area contributed by atoms with Crippen molar-refractivity contribution < 1.29 is 19.1 Å². The highest BCUT2D eigenvalue weighted by molar-refractivity contribution is 5.84. The van der Waals surface area contributed by atoms with Crippen molar-refractivity contribution in [3.63, 3.8) is 0 Å². The number of carbonyl (C=O) groups is 2. The van der Waals surface area contributed by atoms with Crippen LogP contribution in [0.4, 0.5) is 0 Å². The molecular weight excluding hydrogens is 450 g/mol. The van der Waals surface area contributed by atoms with E-state index < -0.39 is 17.5 Å². The minimum Gasteiger partial charge on any atom is -0.461 e. The van der Waals surface area contributed by atoms with Crippen LogP contribution < -0.4 is 0 Å². The first kappa shape index (κ1) is 25.6. The number of nitrogens with zero attached hydrogens (tertiary/aromatic N) is 1. The van der Waals surface area contributed by atoms with Gasteiger partial charge in [0, 0.05) is 26.3 Å². The van der Waals surface area contributed by atoms with E-state index in [2.05, 4.69) is 35.2 Å². The maximum atomic E-state index is 13.6. The summed E-state index contributed by atoms with van der Waals surface area (Å²) in [6, 6.07) is 29.9. The molecule has 3 aromatic carbocycles. The van der Waals surface area contributed by atoms with Gasteiger partial charge in [-0.25, -0.2) is 4.79 Å². The van der Waals surface area contributed by atoms with Crippen LogP contribution in [0.15, 0.2) is 91.0 Å². The normalized spacial score (nSPS) is 14.8. The Morgan fingerprint density at radius 2 is 1.31 bits per heavy atom. The number of hydrogen-bond donors (Lipinski definition) is 0. The quantitative estimate of drug-likeness (QED) is 0.370. The van der Waals surface area contributed by atoms with Crippen molar-refractivity contribution in [2.75, 3.05) is 26.2 Å². The van der Waals surface area contributed by atoms with Gasteiger partial charge in [0.05, 0.1) is 0 Å². The fourth-order valence-electron chi connectivity index (χ4n) is 5.06. The molecule has 0 unspecified atom stereocenters. The number of piperidine rings is 1. The number of rotatable bonds is 10.